The smallest absolute Gasteiger partial charge is 0.258 e. The third-order valence-electron chi connectivity index (χ3n) is 3.29. The Hall–Kier alpha value is -3.39. The zero-order valence-corrected chi connectivity index (χ0v) is 12.3. The molecule has 5 heteroatoms. The first-order valence-electron chi connectivity index (χ1n) is 7.08. The van der Waals surface area contributed by atoms with E-state index in [1.54, 1.807) is 24.3 Å². The summed E-state index contributed by atoms with van der Waals surface area (Å²) in [5.41, 5.74) is 2.34. The van der Waals surface area contributed by atoms with Crippen molar-refractivity contribution in [2.45, 2.75) is 6.42 Å². The van der Waals surface area contributed by atoms with Crippen LogP contribution in [0.4, 0.5) is 5.95 Å². The topological polar surface area (TPSA) is 70.7 Å². The minimum Gasteiger partial charge on any atom is -0.289 e. The van der Waals surface area contributed by atoms with Crippen molar-refractivity contribution >= 4 is 11.9 Å². The highest BCUT2D eigenvalue weighted by Gasteiger charge is 2.10. The summed E-state index contributed by atoms with van der Waals surface area (Å²) in [6.07, 6.45) is 5.92. The summed E-state index contributed by atoms with van der Waals surface area (Å²) >= 11 is 0. The Bertz CT molecular complexity index is 845. The fraction of sp³-hybridized carbons (Fsp3) is 0.0556. The van der Waals surface area contributed by atoms with E-state index in [9.17, 15) is 4.79 Å². The van der Waals surface area contributed by atoms with Crippen molar-refractivity contribution in [3.63, 3.8) is 0 Å². The van der Waals surface area contributed by atoms with Crippen molar-refractivity contribution in [2.75, 3.05) is 5.32 Å². The number of aromatic nitrogens is 3. The van der Waals surface area contributed by atoms with E-state index in [0.29, 0.717) is 17.8 Å². The summed E-state index contributed by atoms with van der Waals surface area (Å²) in [7, 11) is 0. The molecule has 1 amide bonds. The largest absolute Gasteiger partial charge is 0.289 e. The van der Waals surface area contributed by atoms with Gasteiger partial charge in [0.1, 0.15) is 5.82 Å². The molecule has 0 spiro atoms. The van der Waals surface area contributed by atoms with E-state index in [1.165, 1.54) is 0 Å². The molecule has 0 unspecified atom stereocenters. The zero-order valence-electron chi connectivity index (χ0n) is 12.3. The average molecular weight is 302 g/mol. The van der Waals surface area contributed by atoms with Crippen molar-refractivity contribution < 1.29 is 4.79 Å². The molecule has 23 heavy (non-hydrogen) atoms. The maximum atomic E-state index is 12.1. The second-order valence-electron chi connectivity index (χ2n) is 4.94. The number of H-pyrrole nitrogens is 1. The molecule has 3 rings (SSSR count). The Morgan fingerprint density at radius 2 is 1.87 bits per heavy atom. The number of terminal acetylenes is 1. The lowest BCUT2D eigenvalue weighted by Gasteiger charge is -2.01. The summed E-state index contributed by atoms with van der Waals surface area (Å²) in [6, 6.07) is 16.7. The molecule has 0 atom stereocenters. The first-order chi connectivity index (χ1) is 11.2. The number of benzene rings is 2. The van der Waals surface area contributed by atoms with Crippen LogP contribution in [-0.4, -0.2) is 21.1 Å². The number of hydrogen-bond donors (Lipinski definition) is 2. The Morgan fingerprint density at radius 1 is 1.13 bits per heavy atom. The lowest BCUT2D eigenvalue weighted by Crippen LogP contribution is -2.12. The predicted molar refractivity (Wildman–Crippen MR) is 88.0 cm³/mol. The highest BCUT2D eigenvalue weighted by atomic mass is 16.1. The van der Waals surface area contributed by atoms with Gasteiger partial charge in [-0.3, -0.25) is 15.2 Å². The Morgan fingerprint density at radius 3 is 2.57 bits per heavy atom. The number of anilines is 1. The van der Waals surface area contributed by atoms with Gasteiger partial charge in [-0.25, -0.2) is 0 Å². The molecule has 0 saturated heterocycles. The van der Waals surface area contributed by atoms with E-state index in [1.807, 2.05) is 30.3 Å². The van der Waals surface area contributed by atoms with Crippen LogP contribution in [0.5, 0.6) is 0 Å². The minimum atomic E-state index is -0.279. The van der Waals surface area contributed by atoms with Gasteiger partial charge in [0.05, 0.1) is 0 Å². The summed E-state index contributed by atoms with van der Waals surface area (Å²) in [4.78, 5) is 16.4. The molecule has 0 bridgehead atoms. The highest BCUT2D eigenvalue weighted by molar-refractivity contribution is 6.03. The fourth-order valence-electron chi connectivity index (χ4n) is 2.11. The summed E-state index contributed by atoms with van der Waals surface area (Å²) in [5.74, 6) is 3.17. The first kappa shape index (κ1) is 14.5. The van der Waals surface area contributed by atoms with Crippen LogP contribution in [0.25, 0.3) is 0 Å². The van der Waals surface area contributed by atoms with Gasteiger partial charge in [0.25, 0.3) is 5.91 Å². The summed E-state index contributed by atoms with van der Waals surface area (Å²) < 4.78 is 0. The van der Waals surface area contributed by atoms with Gasteiger partial charge in [-0.15, -0.1) is 11.5 Å². The molecule has 0 fully saturated rings. The second kappa shape index (κ2) is 6.58. The van der Waals surface area contributed by atoms with Crippen LogP contribution in [0.1, 0.15) is 27.3 Å². The number of nitrogens with one attached hydrogen (secondary N) is 2. The van der Waals surface area contributed by atoms with Gasteiger partial charge in [-0.1, -0.05) is 36.3 Å². The van der Waals surface area contributed by atoms with E-state index in [0.717, 1.165) is 11.1 Å². The number of aromatic amines is 1. The van der Waals surface area contributed by atoms with Gasteiger partial charge < -0.3 is 0 Å². The molecule has 0 aliphatic carbocycles. The minimum absolute atomic E-state index is 0.252. The molecule has 0 radical (unpaired) electrons. The molecular weight excluding hydrogens is 288 g/mol. The van der Waals surface area contributed by atoms with Crippen LogP contribution >= 0.6 is 0 Å². The Kier molecular flexibility index (Phi) is 4.16. The fourth-order valence-corrected chi connectivity index (χ4v) is 2.11. The van der Waals surface area contributed by atoms with Gasteiger partial charge in [0, 0.05) is 17.5 Å². The molecule has 0 saturated carbocycles. The molecule has 3 aromatic rings. The number of hydrogen-bond acceptors (Lipinski definition) is 3. The molecular formula is C18H14N4O. The number of nitrogens with zero attached hydrogens (tertiary/aromatic N) is 2. The standard InChI is InChI=1S/C18H14N4O/c1-2-13-8-10-15(11-9-13)17(23)20-18-19-16(21-22-18)12-14-6-4-3-5-7-14/h1,3-11H,12H2,(H2,19,20,21,22,23). The van der Waals surface area contributed by atoms with Crippen LogP contribution in [0.2, 0.25) is 0 Å². The van der Waals surface area contributed by atoms with E-state index >= 15 is 0 Å². The molecule has 0 aliphatic heterocycles. The van der Waals surface area contributed by atoms with Crippen LogP contribution in [0, 0.1) is 12.3 Å². The predicted octanol–water partition coefficient (Wildman–Crippen LogP) is 2.63. The van der Waals surface area contributed by atoms with Crippen molar-refractivity contribution in [3.05, 3.63) is 77.1 Å². The van der Waals surface area contributed by atoms with Crippen LogP contribution in [0.3, 0.4) is 0 Å². The third kappa shape index (κ3) is 3.63. The average Bonchev–Trinajstić information content (AvgIpc) is 3.02. The van der Waals surface area contributed by atoms with Crippen molar-refractivity contribution in [2.24, 2.45) is 0 Å². The number of carbonyl (C=O) groups excluding carboxylic acids is 1. The normalized spacial score (nSPS) is 10.0. The quantitative estimate of drug-likeness (QED) is 0.728. The third-order valence-corrected chi connectivity index (χ3v) is 3.29. The monoisotopic (exact) mass is 302 g/mol. The molecule has 1 aromatic heterocycles. The van der Waals surface area contributed by atoms with Gasteiger partial charge in [0.2, 0.25) is 5.95 Å². The van der Waals surface area contributed by atoms with E-state index in [2.05, 4.69) is 26.4 Å². The molecule has 1 heterocycles. The van der Waals surface area contributed by atoms with Gasteiger partial charge in [0.15, 0.2) is 0 Å². The second-order valence-corrected chi connectivity index (χ2v) is 4.94. The maximum absolute atomic E-state index is 12.1. The number of amides is 1. The lowest BCUT2D eigenvalue weighted by molar-refractivity contribution is 0.102. The van der Waals surface area contributed by atoms with Crippen molar-refractivity contribution in [1.29, 1.82) is 0 Å². The van der Waals surface area contributed by atoms with Gasteiger partial charge in [-0.2, -0.15) is 4.98 Å². The van der Waals surface area contributed by atoms with Crippen LogP contribution in [0.15, 0.2) is 54.6 Å². The SMILES string of the molecule is C#Cc1ccc(C(=O)Nc2n[nH]c(Cc3ccccc3)n2)cc1. The molecule has 0 aliphatic rings. The molecule has 2 N–H and O–H groups in total. The highest BCUT2D eigenvalue weighted by Crippen LogP contribution is 2.09. The molecule has 5 nitrogen and oxygen atoms in total. The van der Waals surface area contributed by atoms with Crippen molar-refractivity contribution in [1.82, 2.24) is 15.2 Å². The Labute approximate surface area is 133 Å². The van der Waals surface area contributed by atoms with Crippen LogP contribution in [-0.2, 0) is 6.42 Å². The number of carbonyl (C=O) groups is 1. The van der Waals surface area contributed by atoms with E-state index in [-0.39, 0.29) is 11.9 Å². The van der Waals surface area contributed by atoms with Crippen LogP contribution < -0.4 is 5.32 Å². The van der Waals surface area contributed by atoms with Crippen molar-refractivity contribution in [3.8, 4) is 12.3 Å². The Balaban J connectivity index is 1.66. The zero-order chi connectivity index (χ0) is 16.1. The number of rotatable bonds is 4. The van der Waals surface area contributed by atoms with Gasteiger partial charge in [-0.05, 0) is 29.8 Å². The summed E-state index contributed by atoms with van der Waals surface area (Å²) in [5, 5.41) is 9.50. The lowest BCUT2D eigenvalue weighted by atomic mass is 10.1. The first-order valence-corrected chi connectivity index (χ1v) is 7.08. The maximum Gasteiger partial charge on any atom is 0.258 e. The molecule has 112 valence electrons. The van der Waals surface area contributed by atoms with Gasteiger partial charge >= 0.3 is 0 Å². The summed E-state index contributed by atoms with van der Waals surface area (Å²) in [6.45, 7) is 0. The van der Waals surface area contributed by atoms with E-state index < -0.39 is 0 Å². The van der Waals surface area contributed by atoms with E-state index in [4.69, 9.17) is 6.42 Å². The molecule has 2 aromatic carbocycles.